The molecular formula is C18H29NO2. The molecule has 0 amide bonds. The summed E-state index contributed by atoms with van der Waals surface area (Å²) in [6.07, 6.45) is 4.83. The van der Waals surface area contributed by atoms with Gasteiger partial charge in [-0.3, -0.25) is 0 Å². The highest BCUT2D eigenvalue weighted by Crippen LogP contribution is 2.36. The minimum absolute atomic E-state index is 0.341. The maximum Gasteiger partial charge on any atom is 0.122 e. The number of aryl methyl sites for hydroxylation is 2. The van der Waals surface area contributed by atoms with Gasteiger partial charge in [0.15, 0.2) is 0 Å². The number of aliphatic hydroxyl groups is 1. The third kappa shape index (κ3) is 5.01. The number of ether oxygens (including phenoxy) is 1. The molecule has 21 heavy (non-hydrogen) atoms. The molecule has 1 aromatic carbocycles. The Bertz CT molecular complexity index is 453. The molecule has 0 saturated heterocycles. The summed E-state index contributed by atoms with van der Waals surface area (Å²) in [5.74, 6) is 0.863. The van der Waals surface area contributed by atoms with Gasteiger partial charge >= 0.3 is 0 Å². The normalized spacial score (nSPS) is 18.7. The Morgan fingerprint density at radius 2 is 2.00 bits per heavy atom. The van der Waals surface area contributed by atoms with Crippen LogP contribution in [-0.2, 0) is 0 Å². The van der Waals surface area contributed by atoms with Crippen molar-refractivity contribution in [3.63, 3.8) is 0 Å². The maximum atomic E-state index is 10.0. The Morgan fingerprint density at radius 3 is 2.67 bits per heavy atom. The van der Waals surface area contributed by atoms with Crippen molar-refractivity contribution >= 4 is 0 Å². The molecule has 0 bridgehead atoms. The molecule has 2 N–H and O–H groups in total. The fraction of sp³-hybridized carbons (Fsp3) is 0.667. The second-order valence-corrected chi connectivity index (χ2v) is 6.88. The van der Waals surface area contributed by atoms with Crippen LogP contribution in [0.5, 0.6) is 5.75 Å². The smallest absolute Gasteiger partial charge is 0.122 e. The maximum absolute atomic E-state index is 10.0. The third-order valence-corrected chi connectivity index (χ3v) is 4.50. The van der Waals surface area contributed by atoms with Gasteiger partial charge in [0.2, 0.25) is 0 Å². The van der Waals surface area contributed by atoms with Crippen LogP contribution in [0.3, 0.4) is 0 Å². The Balaban J connectivity index is 1.68. The molecule has 0 aliphatic heterocycles. The van der Waals surface area contributed by atoms with E-state index in [2.05, 4.69) is 25.2 Å². The lowest BCUT2D eigenvalue weighted by Gasteiger charge is -2.24. The van der Waals surface area contributed by atoms with Crippen LogP contribution < -0.4 is 10.1 Å². The van der Waals surface area contributed by atoms with Crippen molar-refractivity contribution < 1.29 is 9.84 Å². The van der Waals surface area contributed by atoms with Gasteiger partial charge in [-0.05, 0) is 43.7 Å². The molecule has 3 nitrogen and oxygen atoms in total. The molecule has 1 unspecified atom stereocenters. The number of rotatable bonds is 7. The Morgan fingerprint density at radius 1 is 1.29 bits per heavy atom. The fourth-order valence-electron chi connectivity index (χ4n) is 3.15. The van der Waals surface area contributed by atoms with Crippen molar-refractivity contribution in [3.05, 3.63) is 29.3 Å². The molecule has 3 heteroatoms. The average molecular weight is 291 g/mol. The summed E-state index contributed by atoms with van der Waals surface area (Å²) in [6, 6.07) is 6.11. The molecule has 2 rings (SSSR count). The van der Waals surface area contributed by atoms with E-state index in [9.17, 15) is 5.11 Å². The van der Waals surface area contributed by atoms with Crippen LogP contribution in [0.1, 0.15) is 43.7 Å². The van der Waals surface area contributed by atoms with E-state index in [0.717, 1.165) is 17.9 Å². The van der Waals surface area contributed by atoms with E-state index in [1.54, 1.807) is 0 Å². The predicted molar refractivity (Wildman–Crippen MR) is 86.9 cm³/mol. The highest BCUT2D eigenvalue weighted by Gasteiger charge is 2.28. The number of hydrogen-bond acceptors (Lipinski definition) is 3. The van der Waals surface area contributed by atoms with Gasteiger partial charge < -0.3 is 15.2 Å². The van der Waals surface area contributed by atoms with Gasteiger partial charge in [-0.15, -0.1) is 0 Å². The number of hydrogen-bond donors (Lipinski definition) is 2. The van der Waals surface area contributed by atoms with Crippen molar-refractivity contribution in [1.29, 1.82) is 0 Å². The molecule has 1 aromatic rings. The number of nitrogens with one attached hydrogen (secondary N) is 1. The standard InChI is InChI=1S/C18H29NO2/c1-14-6-7-17(15(2)10-14)21-12-16(20)11-19-13-18(3)8-4-5-9-18/h6-7,10,16,19-20H,4-5,8-9,11-13H2,1-3H3. The van der Waals surface area contributed by atoms with Crippen LogP contribution >= 0.6 is 0 Å². The summed E-state index contributed by atoms with van der Waals surface area (Å²) >= 11 is 0. The zero-order chi connectivity index (χ0) is 15.3. The van der Waals surface area contributed by atoms with E-state index in [4.69, 9.17) is 4.74 Å². The quantitative estimate of drug-likeness (QED) is 0.810. The van der Waals surface area contributed by atoms with E-state index in [1.165, 1.54) is 31.2 Å². The van der Waals surface area contributed by atoms with Gasteiger partial charge in [0.1, 0.15) is 18.5 Å². The minimum atomic E-state index is -0.462. The SMILES string of the molecule is Cc1ccc(OCC(O)CNCC2(C)CCCC2)c(C)c1. The summed E-state index contributed by atoms with van der Waals surface area (Å²) in [5, 5.41) is 13.4. The Kier molecular flexibility index (Phi) is 5.65. The molecule has 1 fully saturated rings. The highest BCUT2D eigenvalue weighted by molar-refractivity contribution is 5.35. The second-order valence-electron chi connectivity index (χ2n) is 6.88. The van der Waals surface area contributed by atoms with Crippen molar-refractivity contribution in [2.24, 2.45) is 5.41 Å². The summed E-state index contributed by atoms with van der Waals surface area (Å²) in [4.78, 5) is 0. The van der Waals surface area contributed by atoms with Crippen molar-refractivity contribution in [2.75, 3.05) is 19.7 Å². The Labute approximate surface area is 128 Å². The summed E-state index contributed by atoms with van der Waals surface area (Å²) in [5.41, 5.74) is 2.77. The van der Waals surface area contributed by atoms with E-state index in [0.29, 0.717) is 18.6 Å². The molecule has 118 valence electrons. The van der Waals surface area contributed by atoms with Gasteiger partial charge in [-0.2, -0.15) is 0 Å². The molecule has 1 aliphatic rings. The molecule has 0 radical (unpaired) electrons. The second kappa shape index (κ2) is 7.28. The lowest BCUT2D eigenvalue weighted by Crippen LogP contribution is -2.37. The minimum Gasteiger partial charge on any atom is -0.491 e. The highest BCUT2D eigenvalue weighted by atomic mass is 16.5. The molecule has 0 aromatic heterocycles. The summed E-state index contributed by atoms with van der Waals surface area (Å²) in [6.45, 7) is 8.38. The lowest BCUT2D eigenvalue weighted by atomic mass is 9.89. The molecular weight excluding hydrogens is 262 g/mol. The van der Waals surface area contributed by atoms with Gasteiger partial charge in [0.25, 0.3) is 0 Å². The monoisotopic (exact) mass is 291 g/mol. The van der Waals surface area contributed by atoms with Crippen molar-refractivity contribution in [1.82, 2.24) is 5.32 Å². The summed E-state index contributed by atoms with van der Waals surface area (Å²) < 4.78 is 5.71. The number of aliphatic hydroxyl groups excluding tert-OH is 1. The van der Waals surface area contributed by atoms with Crippen LogP contribution in [0, 0.1) is 19.3 Å². The van der Waals surface area contributed by atoms with E-state index in [-0.39, 0.29) is 0 Å². The third-order valence-electron chi connectivity index (χ3n) is 4.50. The molecule has 0 spiro atoms. The van der Waals surface area contributed by atoms with Crippen LogP contribution in [-0.4, -0.2) is 30.9 Å². The molecule has 1 atom stereocenters. The van der Waals surface area contributed by atoms with E-state index < -0.39 is 6.10 Å². The predicted octanol–water partition coefficient (Wildman–Crippen LogP) is 3.21. The average Bonchev–Trinajstić information content (AvgIpc) is 2.85. The fourth-order valence-corrected chi connectivity index (χ4v) is 3.15. The first-order valence-electron chi connectivity index (χ1n) is 8.07. The van der Waals surface area contributed by atoms with E-state index >= 15 is 0 Å². The van der Waals surface area contributed by atoms with Crippen molar-refractivity contribution in [3.8, 4) is 5.75 Å². The van der Waals surface area contributed by atoms with E-state index in [1.807, 2.05) is 19.1 Å². The zero-order valence-electron chi connectivity index (χ0n) is 13.6. The lowest BCUT2D eigenvalue weighted by molar-refractivity contribution is 0.103. The molecule has 0 heterocycles. The van der Waals surface area contributed by atoms with Crippen molar-refractivity contribution in [2.45, 2.75) is 52.6 Å². The largest absolute Gasteiger partial charge is 0.491 e. The molecule has 1 aliphatic carbocycles. The summed E-state index contributed by atoms with van der Waals surface area (Å²) in [7, 11) is 0. The van der Waals surface area contributed by atoms with Crippen LogP contribution in [0.25, 0.3) is 0 Å². The van der Waals surface area contributed by atoms with Gasteiger partial charge in [-0.25, -0.2) is 0 Å². The molecule has 1 saturated carbocycles. The first-order chi connectivity index (χ1) is 9.98. The first kappa shape index (κ1) is 16.3. The number of benzene rings is 1. The van der Waals surface area contributed by atoms with Crippen LogP contribution in [0.15, 0.2) is 18.2 Å². The van der Waals surface area contributed by atoms with Crippen LogP contribution in [0.4, 0.5) is 0 Å². The van der Waals surface area contributed by atoms with Crippen LogP contribution in [0.2, 0.25) is 0 Å². The zero-order valence-corrected chi connectivity index (χ0v) is 13.6. The first-order valence-corrected chi connectivity index (χ1v) is 8.07. The van der Waals surface area contributed by atoms with Gasteiger partial charge in [0.05, 0.1) is 0 Å². The van der Waals surface area contributed by atoms with Gasteiger partial charge in [-0.1, -0.05) is 37.5 Å². The Hall–Kier alpha value is -1.06. The topological polar surface area (TPSA) is 41.5 Å². The van der Waals surface area contributed by atoms with Gasteiger partial charge in [0, 0.05) is 13.1 Å².